The van der Waals surface area contributed by atoms with Gasteiger partial charge in [0.25, 0.3) is 0 Å². The molecule has 0 heterocycles. The average molecular weight is 422 g/mol. The Balaban J connectivity index is 2.52. The lowest BCUT2D eigenvalue weighted by Crippen LogP contribution is -2.06. The number of ether oxygens (including phenoxy) is 2. The first kappa shape index (κ1) is 19.0. The Morgan fingerprint density at radius 1 is 1.24 bits per heavy atom. The van der Waals surface area contributed by atoms with Crippen molar-refractivity contribution in [3.63, 3.8) is 0 Å². The number of aliphatic hydroxyl groups excluding tert-OH is 1. The smallest absolute Gasteiger partial charge is 0.416 e. The Morgan fingerprint density at radius 3 is 2.44 bits per heavy atom. The SMILES string of the molecule is COc1cc(CO)cc(Br)c1Oc1ccc(C(F)(F)F)cc1[N+](=O)[O-]. The number of nitro groups is 1. The number of halogens is 4. The number of alkyl halides is 3. The lowest BCUT2D eigenvalue weighted by atomic mass is 10.1. The minimum atomic E-state index is -4.72. The molecule has 0 radical (unpaired) electrons. The molecule has 0 fully saturated rings. The molecule has 25 heavy (non-hydrogen) atoms. The number of hydrogen-bond donors (Lipinski definition) is 1. The van der Waals surface area contributed by atoms with Gasteiger partial charge in [-0.2, -0.15) is 13.2 Å². The Hall–Kier alpha value is -2.33. The molecule has 0 spiro atoms. The molecule has 1 N–H and O–H groups in total. The van der Waals surface area contributed by atoms with Crippen molar-refractivity contribution in [2.24, 2.45) is 0 Å². The molecular formula is C15H11BrF3NO5. The van der Waals surface area contributed by atoms with Crippen LogP contribution in [0, 0.1) is 10.1 Å². The molecule has 0 atom stereocenters. The molecule has 0 bridgehead atoms. The van der Waals surface area contributed by atoms with Crippen LogP contribution in [0.5, 0.6) is 17.2 Å². The minimum absolute atomic E-state index is 0.0301. The number of methoxy groups -OCH3 is 1. The fourth-order valence-electron chi connectivity index (χ4n) is 2.00. The number of nitrogens with zero attached hydrogens (tertiary/aromatic N) is 1. The summed E-state index contributed by atoms with van der Waals surface area (Å²) in [5.41, 5.74) is -1.51. The van der Waals surface area contributed by atoms with Gasteiger partial charge >= 0.3 is 11.9 Å². The van der Waals surface area contributed by atoms with Crippen molar-refractivity contribution < 1.29 is 32.7 Å². The van der Waals surface area contributed by atoms with Crippen molar-refractivity contribution >= 4 is 21.6 Å². The van der Waals surface area contributed by atoms with E-state index in [9.17, 15) is 28.4 Å². The lowest BCUT2D eigenvalue weighted by Gasteiger charge is -2.14. The molecule has 134 valence electrons. The summed E-state index contributed by atoms with van der Waals surface area (Å²) < 4.78 is 49.1. The van der Waals surface area contributed by atoms with E-state index in [1.54, 1.807) is 0 Å². The van der Waals surface area contributed by atoms with Crippen LogP contribution in [0.2, 0.25) is 0 Å². The number of nitro benzene ring substituents is 1. The van der Waals surface area contributed by atoms with Crippen LogP contribution in [0.15, 0.2) is 34.8 Å². The van der Waals surface area contributed by atoms with E-state index in [4.69, 9.17) is 9.47 Å². The third kappa shape index (κ3) is 4.20. The molecule has 2 aromatic rings. The van der Waals surface area contributed by atoms with Crippen molar-refractivity contribution in [2.75, 3.05) is 7.11 Å². The van der Waals surface area contributed by atoms with Crippen molar-refractivity contribution in [1.82, 2.24) is 0 Å². The van der Waals surface area contributed by atoms with Gasteiger partial charge in [-0.1, -0.05) is 0 Å². The van der Waals surface area contributed by atoms with E-state index in [1.807, 2.05) is 0 Å². The van der Waals surface area contributed by atoms with Crippen LogP contribution in [0.3, 0.4) is 0 Å². The summed E-state index contributed by atoms with van der Waals surface area (Å²) in [6, 6.07) is 4.89. The molecule has 0 saturated carbocycles. The zero-order valence-electron chi connectivity index (χ0n) is 12.6. The third-order valence-electron chi connectivity index (χ3n) is 3.17. The summed E-state index contributed by atoms with van der Waals surface area (Å²) in [4.78, 5) is 10.1. The van der Waals surface area contributed by atoms with Crippen LogP contribution in [-0.2, 0) is 12.8 Å². The van der Waals surface area contributed by atoms with Gasteiger partial charge in [0, 0.05) is 6.07 Å². The van der Waals surface area contributed by atoms with E-state index < -0.39 is 22.4 Å². The third-order valence-corrected chi connectivity index (χ3v) is 3.76. The fourth-order valence-corrected chi connectivity index (χ4v) is 2.57. The number of aliphatic hydroxyl groups is 1. The molecule has 0 aliphatic carbocycles. The quantitative estimate of drug-likeness (QED) is 0.560. The van der Waals surface area contributed by atoms with Crippen molar-refractivity contribution in [3.8, 4) is 17.2 Å². The molecule has 6 nitrogen and oxygen atoms in total. The van der Waals surface area contributed by atoms with Gasteiger partial charge in [-0.15, -0.1) is 0 Å². The van der Waals surface area contributed by atoms with Crippen LogP contribution >= 0.6 is 15.9 Å². The van der Waals surface area contributed by atoms with Gasteiger partial charge in [0.1, 0.15) is 0 Å². The summed E-state index contributed by atoms with van der Waals surface area (Å²) in [6.45, 7) is -0.282. The monoisotopic (exact) mass is 421 g/mol. The van der Waals surface area contributed by atoms with Crippen molar-refractivity contribution in [3.05, 3.63) is 56.0 Å². The second kappa shape index (κ2) is 7.28. The highest BCUT2D eigenvalue weighted by Crippen LogP contribution is 2.43. The van der Waals surface area contributed by atoms with E-state index in [0.29, 0.717) is 22.2 Å². The van der Waals surface area contributed by atoms with Crippen molar-refractivity contribution in [1.29, 1.82) is 0 Å². The maximum Gasteiger partial charge on any atom is 0.416 e. The second-order valence-electron chi connectivity index (χ2n) is 4.81. The summed E-state index contributed by atoms with van der Waals surface area (Å²) in [7, 11) is 1.32. The van der Waals surface area contributed by atoms with Gasteiger partial charge < -0.3 is 14.6 Å². The predicted molar refractivity (Wildman–Crippen MR) is 84.8 cm³/mol. The molecule has 0 aliphatic heterocycles. The zero-order valence-corrected chi connectivity index (χ0v) is 14.2. The molecule has 0 aliphatic rings. The highest BCUT2D eigenvalue weighted by atomic mass is 79.9. The van der Waals surface area contributed by atoms with Gasteiger partial charge in [0.2, 0.25) is 5.75 Å². The second-order valence-corrected chi connectivity index (χ2v) is 5.66. The fraction of sp³-hybridized carbons (Fsp3) is 0.200. The van der Waals surface area contributed by atoms with Crippen LogP contribution in [0.25, 0.3) is 0 Å². The maximum absolute atomic E-state index is 12.7. The average Bonchev–Trinajstić information content (AvgIpc) is 2.55. The van der Waals surface area contributed by atoms with Gasteiger partial charge in [-0.05, 0) is 45.8 Å². The first-order valence-electron chi connectivity index (χ1n) is 6.68. The first-order valence-corrected chi connectivity index (χ1v) is 7.47. The predicted octanol–water partition coefficient (Wildman–Crippen LogP) is 4.67. The summed E-state index contributed by atoms with van der Waals surface area (Å²) in [6.07, 6.45) is -4.72. The van der Waals surface area contributed by atoms with Crippen LogP contribution < -0.4 is 9.47 Å². The van der Waals surface area contributed by atoms with E-state index >= 15 is 0 Å². The first-order chi connectivity index (χ1) is 11.7. The van der Waals surface area contributed by atoms with E-state index in [2.05, 4.69) is 15.9 Å². The molecule has 0 aromatic heterocycles. The van der Waals surface area contributed by atoms with Gasteiger partial charge in [0.15, 0.2) is 11.5 Å². The highest BCUT2D eigenvalue weighted by Gasteiger charge is 2.33. The van der Waals surface area contributed by atoms with Crippen LogP contribution in [0.1, 0.15) is 11.1 Å². The molecule has 2 rings (SSSR count). The Labute approximate surface area is 148 Å². The molecule has 0 saturated heterocycles. The summed E-state index contributed by atoms with van der Waals surface area (Å²) in [5, 5.41) is 20.3. The topological polar surface area (TPSA) is 81.8 Å². The highest BCUT2D eigenvalue weighted by molar-refractivity contribution is 9.10. The van der Waals surface area contributed by atoms with Crippen LogP contribution in [0.4, 0.5) is 18.9 Å². The lowest BCUT2D eigenvalue weighted by molar-refractivity contribution is -0.385. The van der Waals surface area contributed by atoms with Gasteiger partial charge in [-0.3, -0.25) is 10.1 Å². The Kier molecular flexibility index (Phi) is 5.53. The summed E-state index contributed by atoms with van der Waals surface area (Å²) >= 11 is 3.18. The van der Waals surface area contributed by atoms with E-state index in [-0.39, 0.29) is 23.9 Å². The van der Waals surface area contributed by atoms with Crippen LogP contribution in [-0.4, -0.2) is 17.1 Å². The molecule has 10 heteroatoms. The number of benzene rings is 2. The molecule has 0 amide bonds. The zero-order chi connectivity index (χ0) is 18.8. The van der Waals surface area contributed by atoms with Gasteiger partial charge in [0.05, 0.1) is 28.7 Å². The molecule has 0 unspecified atom stereocenters. The Morgan fingerprint density at radius 2 is 1.92 bits per heavy atom. The minimum Gasteiger partial charge on any atom is -0.493 e. The van der Waals surface area contributed by atoms with Gasteiger partial charge in [-0.25, -0.2) is 0 Å². The standard InChI is InChI=1S/C15H11BrF3NO5/c1-24-13-5-8(7-21)4-10(16)14(13)25-12-3-2-9(15(17,18)19)6-11(12)20(22)23/h2-6,21H,7H2,1H3. The molecule has 2 aromatic carbocycles. The maximum atomic E-state index is 12.7. The molecular weight excluding hydrogens is 411 g/mol. The van der Waals surface area contributed by atoms with E-state index in [1.165, 1.54) is 19.2 Å². The van der Waals surface area contributed by atoms with E-state index in [0.717, 1.165) is 6.07 Å². The number of hydrogen-bond acceptors (Lipinski definition) is 5. The Bertz CT molecular complexity index is 810. The summed E-state index contributed by atoms with van der Waals surface area (Å²) in [5.74, 6) is -0.205. The number of rotatable bonds is 5. The largest absolute Gasteiger partial charge is 0.493 e. The normalized spacial score (nSPS) is 11.3. The van der Waals surface area contributed by atoms with Crippen molar-refractivity contribution in [2.45, 2.75) is 12.8 Å².